The lowest BCUT2D eigenvalue weighted by atomic mass is 10.2. The van der Waals surface area contributed by atoms with Crippen LogP contribution in [0.15, 0.2) is 16.3 Å². The second-order valence-corrected chi connectivity index (χ2v) is 8.30. The highest BCUT2D eigenvalue weighted by atomic mass is 35.5. The van der Waals surface area contributed by atoms with Crippen molar-refractivity contribution in [3.63, 3.8) is 0 Å². The molecule has 0 spiro atoms. The fourth-order valence-electron chi connectivity index (χ4n) is 2.34. The molecule has 1 aliphatic heterocycles. The van der Waals surface area contributed by atoms with Crippen LogP contribution in [0.2, 0.25) is 0 Å². The van der Waals surface area contributed by atoms with Crippen LogP contribution in [-0.4, -0.2) is 51.4 Å². The maximum Gasteiger partial charge on any atom is 0.262 e. The van der Waals surface area contributed by atoms with Crippen LogP contribution < -0.4 is 10.6 Å². The molecule has 2 rings (SSSR count). The fraction of sp³-hybridized carbons (Fsp3) is 0.643. The number of hydrogen-bond donors (Lipinski definition) is 2. The molecule has 1 aromatic heterocycles. The van der Waals surface area contributed by atoms with E-state index >= 15 is 0 Å². The Bertz CT molecular complexity index is 613. The zero-order valence-electron chi connectivity index (χ0n) is 13.4. The number of halogens is 1. The van der Waals surface area contributed by atoms with Gasteiger partial charge in [0.2, 0.25) is 10.0 Å². The molecule has 1 saturated heterocycles. The molecule has 0 aromatic carbocycles. The van der Waals surface area contributed by atoms with E-state index in [1.807, 2.05) is 14.0 Å². The first-order valence-electron chi connectivity index (χ1n) is 7.50. The van der Waals surface area contributed by atoms with Crippen LogP contribution >= 0.6 is 23.7 Å². The Morgan fingerprint density at radius 3 is 2.61 bits per heavy atom. The third-order valence-corrected chi connectivity index (χ3v) is 6.81. The van der Waals surface area contributed by atoms with Gasteiger partial charge in [-0.3, -0.25) is 4.79 Å². The Morgan fingerprint density at radius 1 is 1.35 bits per heavy atom. The summed E-state index contributed by atoms with van der Waals surface area (Å²) >= 11 is 1.17. The molecular weight excluding hydrogens is 358 g/mol. The third-order valence-electron chi connectivity index (χ3n) is 3.83. The molecule has 9 heteroatoms. The predicted octanol–water partition coefficient (Wildman–Crippen LogP) is 1.68. The summed E-state index contributed by atoms with van der Waals surface area (Å²) in [4.78, 5) is 12.7. The highest BCUT2D eigenvalue weighted by molar-refractivity contribution is 7.89. The molecule has 1 unspecified atom stereocenters. The number of carbonyl (C=O) groups is 1. The van der Waals surface area contributed by atoms with Crippen LogP contribution in [-0.2, 0) is 10.0 Å². The number of nitrogens with zero attached hydrogens (tertiary/aromatic N) is 1. The molecule has 0 saturated carbocycles. The average Bonchev–Trinajstić information content (AvgIpc) is 3.03. The summed E-state index contributed by atoms with van der Waals surface area (Å²) in [6, 6.07) is 1.66. The van der Waals surface area contributed by atoms with Crippen molar-refractivity contribution in [2.45, 2.75) is 37.1 Å². The molecule has 1 aliphatic rings. The number of likely N-dealkylation sites (N-methyl/N-ethyl adjacent to an activating group) is 1. The second kappa shape index (κ2) is 8.98. The van der Waals surface area contributed by atoms with Crippen molar-refractivity contribution in [2.75, 3.05) is 26.7 Å². The second-order valence-electron chi connectivity index (χ2n) is 5.48. The molecule has 1 atom stereocenters. The Hall–Kier alpha value is -0.670. The van der Waals surface area contributed by atoms with Crippen molar-refractivity contribution in [3.05, 3.63) is 16.3 Å². The van der Waals surface area contributed by atoms with Crippen LogP contribution in [0.5, 0.6) is 0 Å². The van der Waals surface area contributed by atoms with Crippen molar-refractivity contribution < 1.29 is 13.2 Å². The third kappa shape index (κ3) is 4.90. The van der Waals surface area contributed by atoms with Gasteiger partial charge in [0, 0.05) is 25.7 Å². The first-order chi connectivity index (χ1) is 10.5. The van der Waals surface area contributed by atoms with E-state index in [2.05, 4.69) is 10.6 Å². The smallest absolute Gasteiger partial charge is 0.262 e. The predicted molar refractivity (Wildman–Crippen MR) is 95.0 cm³/mol. The molecule has 23 heavy (non-hydrogen) atoms. The van der Waals surface area contributed by atoms with Gasteiger partial charge >= 0.3 is 0 Å². The number of carbonyl (C=O) groups excluding carboxylic acids is 1. The maximum absolute atomic E-state index is 12.7. The van der Waals surface area contributed by atoms with E-state index in [4.69, 9.17) is 0 Å². The summed E-state index contributed by atoms with van der Waals surface area (Å²) in [5.41, 5.74) is 0. The van der Waals surface area contributed by atoms with Crippen molar-refractivity contribution >= 4 is 39.7 Å². The van der Waals surface area contributed by atoms with Crippen LogP contribution in [0.4, 0.5) is 0 Å². The lowest BCUT2D eigenvalue weighted by Gasteiger charge is -2.25. The van der Waals surface area contributed by atoms with E-state index in [0.29, 0.717) is 19.6 Å². The lowest BCUT2D eigenvalue weighted by Crippen LogP contribution is -2.38. The van der Waals surface area contributed by atoms with Gasteiger partial charge in [0.25, 0.3) is 5.91 Å². The van der Waals surface area contributed by atoms with E-state index in [-0.39, 0.29) is 34.1 Å². The van der Waals surface area contributed by atoms with Gasteiger partial charge in [-0.15, -0.1) is 23.7 Å². The summed E-state index contributed by atoms with van der Waals surface area (Å²) < 4.78 is 26.9. The SMILES string of the molecule is CNC(C)CNC(=O)c1sccc1S(=O)(=O)N1CCCCC1.Cl. The molecule has 0 aliphatic carbocycles. The van der Waals surface area contributed by atoms with Gasteiger partial charge in [-0.2, -0.15) is 4.31 Å². The molecule has 0 bridgehead atoms. The van der Waals surface area contributed by atoms with Crippen molar-refractivity contribution in [3.8, 4) is 0 Å². The van der Waals surface area contributed by atoms with Gasteiger partial charge < -0.3 is 10.6 Å². The van der Waals surface area contributed by atoms with Gasteiger partial charge in [-0.1, -0.05) is 6.42 Å². The molecule has 2 heterocycles. The van der Waals surface area contributed by atoms with Crippen LogP contribution in [0.25, 0.3) is 0 Å². The van der Waals surface area contributed by atoms with Crippen molar-refractivity contribution in [2.24, 2.45) is 0 Å². The summed E-state index contributed by atoms with van der Waals surface area (Å²) in [6.45, 7) is 3.47. The van der Waals surface area contributed by atoms with Gasteiger partial charge in [-0.05, 0) is 38.3 Å². The quantitative estimate of drug-likeness (QED) is 0.785. The zero-order chi connectivity index (χ0) is 16.2. The zero-order valence-corrected chi connectivity index (χ0v) is 15.8. The molecular formula is C14H24ClN3O3S2. The minimum Gasteiger partial charge on any atom is -0.350 e. The normalized spacial score (nSPS) is 17.3. The number of amides is 1. The number of nitrogens with one attached hydrogen (secondary N) is 2. The molecule has 2 N–H and O–H groups in total. The van der Waals surface area contributed by atoms with E-state index in [1.54, 1.807) is 5.38 Å². The number of rotatable bonds is 6. The van der Waals surface area contributed by atoms with Crippen LogP contribution in [0.3, 0.4) is 0 Å². The topological polar surface area (TPSA) is 78.5 Å². The van der Waals surface area contributed by atoms with E-state index < -0.39 is 10.0 Å². The standard InChI is InChI=1S/C14H23N3O3S2.ClH/c1-11(15-2)10-16-14(18)13-12(6-9-21-13)22(19,20)17-7-4-3-5-8-17;/h6,9,11,15H,3-5,7-8,10H2,1-2H3,(H,16,18);1H. The molecule has 1 fully saturated rings. The Kier molecular flexibility index (Phi) is 7.96. The number of hydrogen-bond acceptors (Lipinski definition) is 5. The largest absolute Gasteiger partial charge is 0.350 e. The first kappa shape index (κ1) is 20.4. The van der Waals surface area contributed by atoms with Crippen LogP contribution in [0, 0.1) is 0 Å². The minimum atomic E-state index is -3.57. The molecule has 132 valence electrons. The Balaban J connectivity index is 0.00000264. The molecule has 1 aromatic rings. The summed E-state index contributed by atoms with van der Waals surface area (Å²) in [5.74, 6) is -0.326. The molecule has 1 amide bonds. The summed E-state index contributed by atoms with van der Waals surface area (Å²) in [7, 11) is -1.76. The summed E-state index contributed by atoms with van der Waals surface area (Å²) in [6.07, 6.45) is 2.82. The van der Waals surface area contributed by atoms with E-state index in [9.17, 15) is 13.2 Å². The number of piperidine rings is 1. The van der Waals surface area contributed by atoms with Gasteiger partial charge in [0.05, 0.1) is 0 Å². The Morgan fingerprint density at radius 2 is 2.00 bits per heavy atom. The van der Waals surface area contributed by atoms with Crippen molar-refractivity contribution in [1.29, 1.82) is 0 Å². The minimum absolute atomic E-state index is 0. The maximum atomic E-state index is 12.7. The lowest BCUT2D eigenvalue weighted by molar-refractivity contribution is 0.0951. The van der Waals surface area contributed by atoms with Crippen molar-refractivity contribution in [1.82, 2.24) is 14.9 Å². The monoisotopic (exact) mass is 381 g/mol. The van der Waals surface area contributed by atoms with E-state index in [1.165, 1.54) is 21.7 Å². The van der Waals surface area contributed by atoms with Gasteiger partial charge in [0.1, 0.15) is 9.77 Å². The average molecular weight is 382 g/mol. The van der Waals surface area contributed by atoms with Gasteiger partial charge in [0.15, 0.2) is 0 Å². The number of thiophene rings is 1. The summed E-state index contributed by atoms with van der Waals surface area (Å²) in [5, 5.41) is 7.46. The fourth-order valence-corrected chi connectivity index (χ4v) is 5.17. The highest BCUT2D eigenvalue weighted by Gasteiger charge is 2.30. The van der Waals surface area contributed by atoms with E-state index in [0.717, 1.165) is 19.3 Å². The van der Waals surface area contributed by atoms with Crippen LogP contribution in [0.1, 0.15) is 35.9 Å². The highest BCUT2D eigenvalue weighted by Crippen LogP contribution is 2.27. The number of sulfonamides is 1. The first-order valence-corrected chi connectivity index (χ1v) is 9.82. The molecule has 0 radical (unpaired) electrons. The molecule has 6 nitrogen and oxygen atoms in total. The van der Waals surface area contributed by atoms with Gasteiger partial charge in [-0.25, -0.2) is 8.42 Å². The Labute approximate surface area is 148 Å².